The second-order valence-corrected chi connectivity index (χ2v) is 3.83. The summed E-state index contributed by atoms with van der Waals surface area (Å²) in [4.78, 5) is 3.93. The number of rotatable bonds is 1. The summed E-state index contributed by atoms with van der Waals surface area (Å²) in [5.74, 6) is 5.85. The first-order chi connectivity index (χ1) is 6.07. The van der Waals surface area contributed by atoms with Crippen molar-refractivity contribution < 1.29 is 4.74 Å². The van der Waals surface area contributed by atoms with Crippen molar-refractivity contribution in [2.24, 2.45) is 10.8 Å². The Labute approximate surface area is 78.7 Å². The van der Waals surface area contributed by atoms with E-state index < -0.39 is 0 Å². The molecule has 1 aliphatic rings. The first-order valence-corrected chi connectivity index (χ1v) is 4.41. The van der Waals surface area contributed by atoms with E-state index in [4.69, 9.17) is 10.6 Å². The highest BCUT2D eigenvalue weighted by atomic mass is 16.5. The van der Waals surface area contributed by atoms with Gasteiger partial charge in [0.05, 0.1) is 18.2 Å². The Hall–Kier alpha value is -0.810. The van der Waals surface area contributed by atoms with E-state index in [0.29, 0.717) is 18.6 Å². The smallest absolute Gasteiger partial charge is 0.205 e. The number of hydrogen-bond donors (Lipinski definition) is 3. The maximum absolute atomic E-state index is 5.56. The molecule has 0 aromatic heterocycles. The lowest BCUT2D eigenvalue weighted by molar-refractivity contribution is 0.0359. The predicted molar refractivity (Wildman–Crippen MR) is 52.3 cm³/mol. The van der Waals surface area contributed by atoms with Crippen LogP contribution < -0.4 is 16.6 Å². The Morgan fingerprint density at radius 2 is 2.31 bits per heavy atom. The number of hydrazine groups is 1. The topological polar surface area (TPSA) is 71.7 Å². The standard InChI is InChI=1S/C8H18N4O/c1-8(2)4-6(5-13-8)11-7(10-3)12-9/h6H,4-5,9H2,1-3H3,(H2,10,11,12). The molecule has 0 saturated carbocycles. The van der Waals surface area contributed by atoms with Crippen molar-refractivity contribution >= 4 is 5.96 Å². The molecule has 76 valence electrons. The van der Waals surface area contributed by atoms with E-state index in [2.05, 4.69) is 29.6 Å². The lowest BCUT2D eigenvalue weighted by Gasteiger charge is -2.16. The van der Waals surface area contributed by atoms with Crippen LogP contribution in [0.2, 0.25) is 0 Å². The average molecular weight is 186 g/mol. The Kier molecular flexibility index (Phi) is 3.11. The number of ether oxygens (including phenoxy) is 1. The first kappa shape index (κ1) is 10.3. The molecule has 1 unspecified atom stereocenters. The summed E-state index contributed by atoms with van der Waals surface area (Å²) in [5, 5.41) is 3.16. The van der Waals surface area contributed by atoms with Crippen LogP contribution in [0.15, 0.2) is 4.99 Å². The van der Waals surface area contributed by atoms with Crippen molar-refractivity contribution in [3.05, 3.63) is 0 Å². The molecule has 1 saturated heterocycles. The van der Waals surface area contributed by atoms with Gasteiger partial charge in [-0.05, 0) is 20.3 Å². The largest absolute Gasteiger partial charge is 0.373 e. The van der Waals surface area contributed by atoms with Crippen molar-refractivity contribution in [1.82, 2.24) is 10.7 Å². The molecule has 0 bridgehead atoms. The highest BCUT2D eigenvalue weighted by molar-refractivity contribution is 5.79. The Bertz CT molecular complexity index is 202. The summed E-state index contributed by atoms with van der Waals surface area (Å²) in [6, 6.07) is 0.296. The minimum absolute atomic E-state index is 0.0366. The van der Waals surface area contributed by atoms with Crippen LogP contribution in [-0.4, -0.2) is 31.3 Å². The van der Waals surface area contributed by atoms with Gasteiger partial charge in [0.15, 0.2) is 0 Å². The maximum Gasteiger partial charge on any atom is 0.205 e. The van der Waals surface area contributed by atoms with Gasteiger partial charge in [-0.3, -0.25) is 10.4 Å². The van der Waals surface area contributed by atoms with Crippen molar-refractivity contribution in [2.75, 3.05) is 13.7 Å². The number of hydrogen-bond acceptors (Lipinski definition) is 3. The summed E-state index contributed by atoms with van der Waals surface area (Å²) in [7, 11) is 1.68. The van der Waals surface area contributed by atoms with Crippen molar-refractivity contribution in [3.63, 3.8) is 0 Å². The van der Waals surface area contributed by atoms with Gasteiger partial charge in [0.2, 0.25) is 5.96 Å². The van der Waals surface area contributed by atoms with Gasteiger partial charge >= 0.3 is 0 Å². The monoisotopic (exact) mass is 186 g/mol. The van der Waals surface area contributed by atoms with Crippen LogP contribution in [0.4, 0.5) is 0 Å². The quantitative estimate of drug-likeness (QED) is 0.225. The highest BCUT2D eigenvalue weighted by Crippen LogP contribution is 2.24. The number of guanidine groups is 1. The lowest BCUT2D eigenvalue weighted by Crippen LogP contribution is -2.46. The van der Waals surface area contributed by atoms with Crippen LogP contribution in [-0.2, 0) is 4.74 Å². The van der Waals surface area contributed by atoms with Crippen LogP contribution in [0.5, 0.6) is 0 Å². The zero-order valence-corrected chi connectivity index (χ0v) is 8.42. The average Bonchev–Trinajstić information content (AvgIpc) is 2.41. The van der Waals surface area contributed by atoms with Crippen LogP contribution in [0.25, 0.3) is 0 Å². The molecule has 0 amide bonds. The fourth-order valence-electron chi connectivity index (χ4n) is 1.49. The zero-order valence-electron chi connectivity index (χ0n) is 8.42. The second kappa shape index (κ2) is 3.93. The Morgan fingerprint density at radius 3 is 2.69 bits per heavy atom. The van der Waals surface area contributed by atoms with E-state index in [1.807, 2.05) is 0 Å². The lowest BCUT2D eigenvalue weighted by atomic mass is 10.0. The van der Waals surface area contributed by atoms with Gasteiger partial charge in [0.1, 0.15) is 0 Å². The molecule has 0 aromatic carbocycles. The van der Waals surface area contributed by atoms with Crippen LogP contribution in [0, 0.1) is 0 Å². The molecule has 0 aliphatic carbocycles. The van der Waals surface area contributed by atoms with E-state index >= 15 is 0 Å². The maximum atomic E-state index is 5.56. The molecule has 4 N–H and O–H groups in total. The zero-order chi connectivity index (χ0) is 9.90. The molecule has 1 atom stereocenters. The minimum atomic E-state index is -0.0366. The third kappa shape index (κ3) is 2.86. The van der Waals surface area contributed by atoms with Crippen LogP contribution >= 0.6 is 0 Å². The first-order valence-electron chi connectivity index (χ1n) is 4.41. The van der Waals surface area contributed by atoms with E-state index in [-0.39, 0.29) is 5.60 Å². The molecule has 0 spiro atoms. The molecule has 0 aromatic rings. The molecule has 5 nitrogen and oxygen atoms in total. The molecule has 1 fully saturated rings. The van der Waals surface area contributed by atoms with E-state index in [9.17, 15) is 0 Å². The normalized spacial score (nSPS) is 27.4. The van der Waals surface area contributed by atoms with Gasteiger partial charge in [0, 0.05) is 7.05 Å². The number of nitrogens with two attached hydrogens (primary N) is 1. The second-order valence-electron chi connectivity index (χ2n) is 3.83. The molecule has 1 rings (SSSR count). The van der Waals surface area contributed by atoms with E-state index in [1.54, 1.807) is 7.05 Å². The van der Waals surface area contributed by atoms with Gasteiger partial charge in [-0.2, -0.15) is 0 Å². The molecule has 13 heavy (non-hydrogen) atoms. The summed E-state index contributed by atoms with van der Waals surface area (Å²) in [6.45, 7) is 4.86. The van der Waals surface area contributed by atoms with Crippen molar-refractivity contribution in [1.29, 1.82) is 0 Å². The third-order valence-electron chi connectivity index (χ3n) is 2.11. The molecular weight excluding hydrogens is 168 g/mol. The van der Waals surface area contributed by atoms with Crippen molar-refractivity contribution in [3.8, 4) is 0 Å². The van der Waals surface area contributed by atoms with E-state index in [1.165, 1.54) is 0 Å². The summed E-state index contributed by atoms with van der Waals surface area (Å²) in [5.41, 5.74) is 2.45. The summed E-state index contributed by atoms with van der Waals surface area (Å²) in [6.07, 6.45) is 0.966. The van der Waals surface area contributed by atoms with Crippen molar-refractivity contribution in [2.45, 2.75) is 31.9 Å². The molecule has 5 heteroatoms. The Morgan fingerprint density at radius 1 is 1.62 bits per heavy atom. The summed E-state index contributed by atoms with van der Waals surface area (Å²) < 4.78 is 5.56. The van der Waals surface area contributed by atoms with Crippen LogP contribution in [0.3, 0.4) is 0 Å². The minimum Gasteiger partial charge on any atom is -0.373 e. The van der Waals surface area contributed by atoms with Gasteiger partial charge in [-0.15, -0.1) is 0 Å². The van der Waals surface area contributed by atoms with Gasteiger partial charge in [0.25, 0.3) is 0 Å². The number of aliphatic imine (C=N–C) groups is 1. The SMILES string of the molecule is CN=C(NN)NC1COC(C)(C)C1. The predicted octanol–water partition coefficient (Wildman–Crippen LogP) is -0.407. The molecule has 1 aliphatic heterocycles. The molecular formula is C8H18N4O. The highest BCUT2D eigenvalue weighted by Gasteiger charge is 2.32. The fourth-order valence-corrected chi connectivity index (χ4v) is 1.49. The Balaban J connectivity index is 2.40. The van der Waals surface area contributed by atoms with Crippen LogP contribution in [0.1, 0.15) is 20.3 Å². The van der Waals surface area contributed by atoms with Gasteiger partial charge < -0.3 is 10.1 Å². The fraction of sp³-hybridized carbons (Fsp3) is 0.875. The van der Waals surface area contributed by atoms with Gasteiger partial charge in [-0.1, -0.05) is 0 Å². The number of nitrogens with one attached hydrogen (secondary N) is 2. The number of nitrogens with zero attached hydrogens (tertiary/aromatic N) is 1. The third-order valence-corrected chi connectivity index (χ3v) is 2.11. The summed E-state index contributed by atoms with van der Waals surface area (Å²) >= 11 is 0. The molecule has 1 heterocycles. The molecule has 0 radical (unpaired) electrons. The van der Waals surface area contributed by atoms with Gasteiger partial charge in [-0.25, -0.2) is 5.84 Å². The van der Waals surface area contributed by atoms with E-state index in [0.717, 1.165) is 6.42 Å².